The van der Waals surface area contributed by atoms with E-state index in [2.05, 4.69) is 61.2 Å². The van der Waals surface area contributed by atoms with E-state index < -0.39 is 0 Å². The van der Waals surface area contributed by atoms with E-state index in [1.54, 1.807) is 6.08 Å². The third-order valence-corrected chi connectivity index (χ3v) is 10.1. The maximum Gasteiger partial charge on any atom is 0.164 e. The zero-order chi connectivity index (χ0) is 36.9. The molecule has 0 unspecified atom stereocenters. The highest BCUT2D eigenvalue weighted by molar-refractivity contribution is 6.14. The average molecular weight is 709 g/mol. The van der Waals surface area contributed by atoms with Crippen LogP contribution in [-0.2, 0) is 0 Å². The van der Waals surface area contributed by atoms with Crippen molar-refractivity contribution in [2.24, 2.45) is 0 Å². The Balaban J connectivity index is 1.19. The topological polar surface area (TPSA) is 77.8 Å². The van der Waals surface area contributed by atoms with Gasteiger partial charge in [-0.05, 0) is 60.5 Å². The summed E-state index contributed by atoms with van der Waals surface area (Å²) in [5.41, 5.74) is 10.9. The van der Waals surface area contributed by atoms with E-state index in [0.29, 0.717) is 17.5 Å². The summed E-state index contributed by atoms with van der Waals surface area (Å²) < 4.78 is 12.8. The van der Waals surface area contributed by atoms with Crippen molar-refractivity contribution in [3.8, 4) is 56.5 Å². The molecule has 55 heavy (non-hydrogen) atoms. The highest BCUT2D eigenvalue weighted by Crippen LogP contribution is 2.43. The van der Waals surface area contributed by atoms with Crippen LogP contribution in [0.3, 0.4) is 0 Å². The van der Waals surface area contributed by atoms with Gasteiger partial charge in [0.1, 0.15) is 22.5 Å². The molecule has 0 atom stereocenters. The second-order valence-electron chi connectivity index (χ2n) is 13.4. The van der Waals surface area contributed by atoms with Crippen LogP contribution in [0, 0.1) is 6.92 Å². The average Bonchev–Trinajstić information content (AvgIpc) is 3.79. The zero-order valence-corrected chi connectivity index (χ0v) is 29.9. The maximum absolute atomic E-state index is 6.50. The Morgan fingerprint density at radius 1 is 0.491 bits per heavy atom. The van der Waals surface area contributed by atoms with Crippen LogP contribution in [0.1, 0.15) is 11.3 Å². The molecule has 10 aromatic rings. The molecule has 260 valence electrons. The summed E-state index contributed by atoms with van der Waals surface area (Å²) in [6.07, 6.45) is 5.80. The smallest absolute Gasteiger partial charge is 0.164 e. The van der Waals surface area contributed by atoms with Crippen LogP contribution in [0.15, 0.2) is 173 Å². The van der Waals surface area contributed by atoms with Crippen molar-refractivity contribution in [2.75, 3.05) is 0 Å². The Hall–Kier alpha value is -7.44. The van der Waals surface area contributed by atoms with E-state index in [4.69, 9.17) is 28.8 Å². The minimum atomic E-state index is 0.581. The van der Waals surface area contributed by atoms with Gasteiger partial charge in [0, 0.05) is 49.4 Å². The number of aromatic nitrogens is 4. The lowest BCUT2D eigenvalue weighted by Gasteiger charge is -2.12. The summed E-state index contributed by atoms with van der Waals surface area (Å²) >= 11 is 0. The molecule has 4 heterocycles. The molecule has 6 aromatic carbocycles. The molecule has 0 spiro atoms. The Kier molecular flexibility index (Phi) is 7.74. The van der Waals surface area contributed by atoms with Gasteiger partial charge in [-0.3, -0.25) is 0 Å². The van der Waals surface area contributed by atoms with Crippen LogP contribution < -0.4 is 0 Å². The lowest BCUT2D eigenvalue weighted by Crippen LogP contribution is -2.00. The van der Waals surface area contributed by atoms with Gasteiger partial charge in [-0.15, -0.1) is 0 Å². The lowest BCUT2D eigenvalue weighted by molar-refractivity contribution is 0.577. The van der Waals surface area contributed by atoms with Crippen LogP contribution in [0.25, 0.3) is 106 Å². The lowest BCUT2D eigenvalue weighted by atomic mass is 9.93. The number of para-hydroxylation sites is 1. The summed E-state index contributed by atoms with van der Waals surface area (Å²) in [4.78, 5) is 20.2. The SMILES string of the molecule is C=C/C=C\c1c(C)oc2cccc(-c3cc(-c4cccc5oc6ccc(-c7nc(-c8ccccc8)nc(-c8ccccc8)n7)cc6c45)nc4ccccc34)c12. The second kappa shape index (κ2) is 13.2. The molecule has 0 amide bonds. The van der Waals surface area contributed by atoms with Gasteiger partial charge in [0.05, 0.1) is 11.2 Å². The third kappa shape index (κ3) is 5.59. The normalized spacial score (nSPS) is 11.7. The van der Waals surface area contributed by atoms with Crippen LogP contribution in [0.2, 0.25) is 0 Å². The van der Waals surface area contributed by atoms with E-state index in [9.17, 15) is 0 Å². The molecular formula is C49H32N4O2. The number of hydrogen-bond donors (Lipinski definition) is 0. The van der Waals surface area contributed by atoms with Gasteiger partial charge in [-0.25, -0.2) is 19.9 Å². The highest BCUT2D eigenvalue weighted by atomic mass is 16.3. The minimum absolute atomic E-state index is 0.581. The number of allylic oxidation sites excluding steroid dienone is 2. The van der Waals surface area contributed by atoms with Gasteiger partial charge in [0.25, 0.3) is 0 Å². The van der Waals surface area contributed by atoms with Gasteiger partial charge in [0.2, 0.25) is 0 Å². The van der Waals surface area contributed by atoms with Gasteiger partial charge in [0.15, 0.2) is 17.5 Å². The predicted molar refractivity (Wildman–Crippen MR) is 223 cm³/mol. The molecule has 4 aromatic heterocycles. The van der Waals surface area contributed by atoms with Crippen molar-refractivity contribution in [3.63, 3.8) is 0 Å². The van der Waals surface area contributed by atoms with Crippen LogP contribution in [0.5, 0.6) is 0 Å². The molecule has 6 nitrogen and oxygen atoms in total. The summed E-state index contributed by atoms with van der Waals surface area (Å²) in [5.74, 6) is 2.66. The van der Waals surface area contributed by atoms with Crippen molar-refractivity contribution in [2.45, 2.75) is 6.92 Å². The second-order valence-corrected chi connectivity index (χ2v) is 13.4. The molecule has 0 N–H and O–H groups in total. The minimum Gasteiger partial charge on any atom is -0.461 e. The van der Waals surface area contributed by atoms with E-state index >= 15 is 0 Å². The van der Waals surface area contributed by atoms with Crippen molar-refractivity contribution in [3.05, 3.63) is 176 Å². The molecular weight excluding hydrogens is 677 g/mol. The Morgan fingerprint density at radius 2 is 1.13 bits per heavy atom. The standard InChI is InChI=1S/C49H32N4O2/c1-3-4-19-34-30(2)54-43-24-13-21-36(45(34)43)38-29-41(50-40-23-12-11-20-35(38)40)37-22-14-25-44-46(37)39-28-33(26-27-42(39)55-44)49-52-47(31-15-7-5-8-16-31)51-48(53-49)32-17-9-6-10-18-32/h3-29H,1H2,2H3/b19-4-. The fourth-order valence-electron chi connectivity index (χ4n) is 7.53. The number of aryl methyl sites for hydroxylation is 1. The Labute approximate surface area is 316 Å². The molecule has 0 bridgehead atoms. The quantitative estimate of drug-likeness (QED) is 0.153. The molecule has 0 radical (unpaired) electrons. The van der Waals surface area contributed by atoms with Gasteiger partial charge >= 0.3 is 0 Å². The molecule has 0 saturated carbocycles. The number of fused-ring (bicyclic) bond motifs is 5. The van der Waals surface area contributed by atoms with Crippen LogP contribution in [0.4, 0.5) is 0 Å². The van der Waals surface area contributed by atoms with E-state index in [-0.39, 0.29) is 0 Å². The summed E-state index contributed by atoms with van der Waals surface area (Å²) in [6, 6.07) is 49.1. The predicted octanol–water partition coefficient (Wildman–Crippen LogP) is 12.9. The monoisotopic (exact) mass is 708 g/mol. The first-order valence-electron chi connectivity index (χ1n) is 18.2. The molecule has 0 aliphatic heterocycles. The Morgan fingerprint density at radius 3 is 1.84 bits per heavy atom. The number of rotatable bonds is 7. The molecule has 0 aliphatic carbocycles. The van der Waals surface area contributed by atoms with Crippen molar-refractivity contribution < 1.29 is 8.83 Å². The maximum atomic E-state index is 6.50. The van der Waals surface area contributed by atoms with Crippen LogP contribution >= 0.6 is 0 Å². The molecule has 0 fully saturated rings. The molecule has 0 aliphatic rings. The number of pyridine rings is 1. The number of hydrogen-bond acceptors (Lipinski definition) is 6. The zero-order valence-electron chi connectivity index (χ0n) is 29.9. The van der Waals surface area contributed by atoms with Crippen LogP contribution in [-0.4, -0.2) is 19.9 Å². The van der Waals surface area contributed by atoms with Crippen molar-refractivity contribution in [1.29, 1.82) is 0 Å². The first-order chi connectivity index (χ1) is 27.1. The summed E-state index contributed by atoms with van der Waals surface area (Å²) in [6.45, 7) is 5.89. The van der Waals surface area contributed by atoms with Crippen molar-refractivity contribution >= 4 is 49.9 Å². The van der Waals surface area contributed by atoms with Gasteiger partial charge < -0.3 is 8.83 Å². The Bertz CT molecular complexity index is 3060. The van der Waals surface area contributed by atoms with E-state index in [0.717, 1.165) is 94.2 Å². The number of benzene rings is 6. The first kappa shape index (κ1) is 32.2. The van der Waals surface area contributed by atoms with E-state index in [1.807, 2.05) is 110 Å². The fourth-order valence-corrected chi connectivity index (χ4v) is 7.53. The molecule has 0 saturated heterocycles. The fraction of sp³-hybridized carbons (Fsp3) is 0.0204. The first-order valence-corrected chi connectivity index (χ1v) is 18.2. The van der Waals surface area contributed by atoms with Crippen molar-refractivity contribution in [1.82, 2.24) is 19.9 Å². The largest absolute Gasteiger partial charge is 0.461 e. The number of furan rings is 2. The van der Waals surface area contributed by atoms with E-state index in [1.165, 1.54) is 0 Å². The number of nitrogens with zero attached hydrogens (tertiary/aromatic N) is 4. The highest BCUT2D eigenvalue weighted by Gasteiger charge is 2.20. The molecule has 6 heteroatoms. The summed E-state index contributed by atoms with van der Waals surface area (Å²) in [5, 5.41) is 4.03. The molecule has 10 rings (SSSR count). The third-order valence-electron chi connectivity index (χ3n) is 10.1. The van der Waals surface area contributed by atoms with Gasteiger partial charge in [-0.2, -0.15) is 0 Å². The van der Waals surface area contributed by atoms with Gasteiger partial charge in [-0.1, -0.05) is 128 Å². The summed E-state index contributed by atoms with van der Waals surface area (Å²) in [7, 11) is 0.